The van der Waals surface area contributed by atoms with E-state index < -0.39 is 5.97 Å². The molecular weight excluding hydrogens is 960 g/mol. The Hall–Kier alpha value is -4.42. The summed E-state index contributed by atoms with van der Waals surface area (Å²) in [4.78, 5) is 35.0. The molecular formula is C55H70ClN4O9S2+. The largest absolute Gasteiger partial charge is 0.371 e. The van der Waals surface area contributed by atoms with Gasteiger partial charge in [0.25, 0.3) is 5.91 Å². The van der Waals surface area contributed by atoms with Crippen molar-refractivity contribution < 1.29 is 48.3 Å². The molecule has 13 nitrogen and oxygen atoms in total. The van der Waals surface area contributed by atoms with Crippen molar-refractivity contribution >= 4 is 81.1 Å². The number of carbonyl (C=O) groups is 2. The summed E-state index contributed by atoms with van der Waals surface area (Å²) in [6.07, 6.45) is 19.1. The molecule has 3 aliphatic heterocycles. The number of halogens is 1. The van der Waals surface area contributed by atoms with E-state index >= 15 is 0 Å². The lowest BCUT2D eigenvalue weighted by molar-refractivity contribution is -0.438. The predicted molar refractivity (Wildman–Crippen MR) is 286 cm³/mol. The van der Waals surface area contributed by atoms with Crippen LogP contribution in [0.5, 0.6) is 0 Å². The summed E-state index contributed by atoms with van der Waals surface area (Å²) in [5.41, 5.74) is 10.8. The van der Waals surface area contributed by atoms with E-state index in [1.165, 1.54) is 44.7 Å². The van der Waals surface area contributed by atoms with Crippen LogP contribution in [0.1, 0.15) is 129 Å². The number of hydrogen-bond acceptors (Lipinski definition) is 13. The smallest absolute Gasteiger partial charge is 0.333 e. The summed E-state index contributed by atoms with van der Waals surface area (Å²) in [6.45, 7) is 18.6. The van der Waals surface area contributed by atoms with Gasteiger partial charge in [-0.3, -0.25) is 4.79 Å². The Kier molecular flexibility index (Phi) is 19.5. The Morgan fingerprint density at radius 2 is 1.62 bits per heavy atom. The number of rotatable bonds is 26. The molecule has 0 saturated carbocycles. The van der Waals surface area contributed by atoms with Gasteiger partial charge < -0.3 is 14.6 Å². The number of fused-ring (bicyclic) bond motifs is 4. The zero-order valence-corrected chi connectivity index (χ0v) is 44.3. The van der Waals surface area contributed by atoms with E-state index in [1.807, 2.05) is 0 Å². The van der Waals surface area contributed by atoms with E-state index in [1.54, 1.807) is 0 Å². The summed E-state index contributed by atoms with van der Waals surface area (Å²) in [7, 11) is 0. The fraction of sp³-hybridized carbons (Fsp3) is 0.473. The highest BCUT2D eigenvalue weighted by molar-refractivity contribution is 7.94. The summed E-state index contributed by atoms with van der Waals surface area (Å²) in [5.74, 6) is 0.648. The standard InChI is InChI=1S/C55H69ClN4O9S2/c1-7-8-34-58-46-28-26-43(57(32-15-36-70-68-66-63)33-16-37-71-69-67-64)38-45(46)54(3,4)48(58)29-24-41-18-14-19-42(53(41)56)25-30-49-55(5,6)52-44-20-12-11-17-40(44)23-27-47(52)59(49)35-13-9-10-21-51(62)65-60-39(2)22-31-50(60)61/h11-12,17,20,23-30,38H,2,7-10,13-16,18-19,21-22,31-37H2,1,3-6H3,(H-,63,64)/p+1. The third kappa shape index (κ3) is 12.9. The zero-order valence-electron chi connectivity index (χ0n) is 41.9. The maximum Gasteiger partial charge on any atom is 0.333 e. The lowest BCUT2D eigenvalue weighted by atomic mass is 9.79. The average molecular weight is 1030 g/mol. The number of nitrogens with zero attached hydrogens (tertiary/aromatic N) is 4. The van der Waals surface area contributed by atoms with Gasteiger partial charge in [0.05, 0.1) is 11.1 Å². The molecule has 3 heterocycles. The number of hydroxylamine groups is 2. The Bertz CT molecular complexity index is 2540. The van der Waals surface area contributed by atoms with Crippen LogP contribution in [0.3, 0.4) is 0 Å². The molecule has 71 heavy (non-hydrogen) atoms. The monoisotopic (exact) mass is 1030 g/mol. The van der Waals surface area contributed by atoms with Crippen LogP contribution in [0.4, 0.5) is 17.1 Å². The van der Waals surface area contributed by atoms with Crippen molar-refractivity contribution in [3.63, 3.8) is 0 Å². The zero-order chi connectivity index (χ0) is 50.5. The lowest BCUT2D eigenvalue weighted by Gasteiger charge is -2.27. The first-order valence-electron chi connectivity index (χ1n) is 25.0. The van der Waals surface area contributed by atoms with Crippen LogP contribution >= 0.6 is 35.7 Å². The first-order valence-corrected chi connectivity index (χ1v) is 27.2. The average Bonchev–Trinajstić information content (AvgIpc) is 3.88. The van der Waals surface area contributed by atoms with Gasteiger partial charge in [0.2, 0.25) is 5.69 Å². The van der Waals surface area contributed by atoms with Gasteiger partial charge in [0.1, 0.15) is 6.54 Å². The summed E-state index contributed by atoms with van der Waals surface area (Å²) in [5, 5.41) is 29.1. The molecule has 1 saturated heterocycles. The molecule has 1 aliphatic carbocycles. The fourth-order valence-electron chi connectivity index (χ4n) is 10.5. The van der Waals surface area contributed by atoms with Crippen LogP contribution in [-0.4, -0.2) is 75.4 Å². The molecule has 0 unspecified atom stereocenters. The number of unbranched alkanes of at least 4 members (excludes halogenated alkanes) is 3. The number of amides is 1. The highest BCUT2D eigenvalue weighted by atomic mass is 35.5. The Morgan fingerprint density at radius 1 is 0.873 bits per heavy atom. The van der Waals surface area contributed by atoms with Crippen LogP contribution in [0.25, 0.3) is 10.8 Å². The highest BCUT2D eigenvalue weighted by Crippen LogP contribution is 2.50. The quantitative estimate of drug-likeness (QED) is 0.0260. The van der Waals surface area contributed by atoms with Gasteiger partial charge in [0.15, 0.2) is 5.71 Å². The molecule has 3 aromatic rings. The molecule has 1 fully saturated rings. The Labute approximate surface area is 432 Å². The lowest BCUT2D eigenvalue weighted by Crippen LogP contribution is -2.28. The molecule has 4 aliphatic rings. The topological polar surface area (TPSA) is 133 Å². The van der Waals surface area contributed by atoms with Crippen LogP contribution in [0.15, 0.2) is 113 Å². The van der Waals surface area contributed by atoms with Gasteiger partial charge in [-0.1, -0.05) is 91.9 Å². The molecule has 2 N–H and O–H groups in total. The van der Waals surface area contributed by atoms with E-state index in [4.69, 9.17) is 27.0 Å². The molecule has 0 atom stereocenters. The summed E-state index contributed by atoms with van der Waals surface area (Å²) < 4.78 is 11.7. The van der Waals surface area contributed by atoms with E-state index in [0.717, 1.165) is 135 Å². The second-order valence-corrected chi connectivity index (χ2v) is 21.5. The first kappa shape index (κ1) is 54.4. The van der Waals surface area contributed by atoms with Crippen molar-refractivity contribution in [3.8, 4) is 0 Å². The molecule has 16 heteroatoms. The van der Waals surface area contributed by atoms with Gasteiger partial charge in [-0.05, 0) is 129 Å². The van der Waals surface area contributed by atoms with Crippen LogP contribution in [0.2, 0.25) is 0 Å². The van der Waals surface area contributed by atoms with Crippen LogP contribution in [-0.2, 0) is 44.0 Å². The van der Waals surface area contributed by atoms with E-state index in [0.29, 0.717) is 36.5 Å². The van der Waals surface area contributed by atoms with E-state index in [2.05, 4.69) is 153 Å². The number of benzene rings is 3. The van der Waals surface area contributed by atoms with Gasteiger partial charge >= 0.3 is 5.97 Å². The third-order valence-electron chi connectivity index (χ3n) is 14.1. The van der Waals surface area contributed by atoms with Gasteiger partial charge in [0, 0.05) is 120 Å². The fourth-order valence-corrected chi connectivity index (χ4v) is 11.5. The van der Waals surface area contributed by atoms with Crippen molar-refractivity contribution in [3.05, 3.63) is 124 Å². The SMILES string of the molecule is C=C1CCC(=O)N1OC(=O)CCCCC[N+]1=C(C=CC2=C(Cl)C(=CC=C3N(CCCC)c4ccc(N(CCCSOOO)CCCSOOO)cc4C3(C)C)CCC2)C(C)(C)c2c1ccc1ccccc21. The molecule has 3 aromatic carbocycles. The second-order valence-electron chi connectivity index (χ2n) is 19.6. The summed E-state index contributed by atoms with van der Waals surface area (Å²) in [6, 6.07) is 19.9. The number of allylic oxidation sites excluding steroid dienone is 9. The molecule has 382 valence electrons. The maximum absolute atomic E-state index is 12.7. The molecule has 0 bridgehead atoms. The minimum atomic E-state index is -0.405. The van der Waals surface area contributed by atoms with Crippen molar-refractivity contribution in [2.24, 2.45) is 0 Å². The number of carbonyl (C=O) groups excluding carboxylic acids is 2. The van der Waals surface area contributed by atoms with Crippen molar-refractivity contribution in [1.29, 1.82) is 0 Å². The normalized spacial score (nSPS) is 18.6. The Morgan fingerprint density at radius 3 is 2.32 bits per heavy atom. The third-order valence-corrected chi connectivity index (χ3v) is 15.8. The van der Waals surface area contributed by atoms with Crippen molar-refractivity contribution in [2.45, 2.75) is 129 Å². The molecule has 7 rings (SSSR count). The highest BCUT2D eigenvalue weighted by Gasteiger charge is 2.45. The second kappa shape index (κ2) is 25.5. The van der Waals surface area contributed by atoms with E-state index in [9.17, 15) is 9.59 Å². The predicted octanol–water partition coefficient (Wildman–Crippen LogP) is 13.7. The van der Waals surface area contributed by atoms with Crippen molar-refractivity contribution in [1.82, 2.24) is 5.06 Å². The molecule has 0 spiro atoms. The van der Waals surface area contributed by atoms with E-state index in [-0.39, 0.29) is 23.2 Å². The molecule has 1 amide bonds. The van der Waals surface area contributed by atoms with Crippen molar-refractivity contribution in [2.75, 3.05) is 47.5 Å². The van der Waals surface area contributed by atoms with Crippen LogP contribution < -0.4 is 9.80 Å². The van der Waals surface area contributed by atoms with Crippen LogP contribution in [0, 0.1) is 0 Å². The molecule has 0 radical (unpaired) electrons. The number of anilines is 2. The van der Waals surface area contributed by atoms with Gasteiger partial charge in [-0.15, -0.1) is 13.7 Å². The van der Waals surface area contributed by atoms with Gasteiger partial charge in [-0.25, -0.2) is 15.3 Å². The minimum Gasteiger partial charge on any atom is -0.371 e. The van der Waals surface area contributed by atoms with Gasteiger partial charge in [-0.2, -0.15) is 4.58 Å². The maximum atomic E-state index is 12.7. The first-order chi connectivity index (χ1) is 34.3. The number of hydrogen-bond donors (Lipinski definition) is 2. The minimum absolute atomic E-state index is 0.219. The summed E-state index contributed by atoms with van der Waals surface area (Å²) >= 11 is 9.57. The Balaban J connectivity index is 1.13. The molecule has 0 aromatic heterocycles.